The molecule has 0 fully saturated rings. The minimum Gasteiger partial charge on any atom is -0.475 e. The van der Waals surface area contributed by atoms with Gasteiger partial charge in [0.2, 0.25) is 5.76 Å². The number of carbonyl (C=O) groups is 1. The minimum absolute atomic E-state index is 0.0198. The fourth-order valence-electron chi connectivity index (χ4n) is 1.41. The summed E-state index contributed by atoms with van der Waals surface area (Å²) in [6, 6.07) is 4.10. The molecule has 0 radical (unpaired) electrons. The van der Waals surface area contributed by atoms with Crippen LogP contribution in [0.5, 0.6) is 0 Å². The predicted octanol–water partition coefficient (Wildman–Crippen LogP) is 3.33. The highest BCUT2D eigenvalue weighted by Crippen LogP contribution is 2.29. The number of aromatic carboxylic acids is 1. The van der Waals surface area contributed by atoms with Crippen LogP contribution in [0.2, 0.25) is 5.02 Å². The van der Waals surface area contributed by atoms with Gasteiger partial charge in [0.1, 0.15) is 10.7 Å². The van der Waals surface area contributed by atoms with E-state index in [0.717, 1.165) is 18.2 Å². The van der Waals surface area contributed by atoms with Crippen LogP contribution in [-0.2, 0) is 10.0 Å². The molecule has 0 aliphatic heterocycles. The number of hydrogen-bond acceptors (Lipinski definition) is 4. The van der Waals surface area contributed by atoms with Crippen molar-refractivity contribution in [3.8, 4) is 0 Å². The van der Waals surface area contributed by atoms with Crippen molar-refractivity contribution in [2.45, 2.75) is 4.90 Å². The van der Waals surface area contributed by atoms with Crippen LogP contribution in [0, 0.1) is 5.82 Å². The van der Waals surface area contributed by atoms with Crippen molar-refractivity contribution in [1.82, 2.24) is 0 Å². The summed E-state index contributed by atoms with van der Waals surface area (Å²) in [6.07, 6.45) is 0. The van der Waals surface area contributed by atoms with Gasteiger partial charge >= 0.3 is 5.97 Å². The van der Waals surface area contributed by atoms with E-state index in [1.807, 2.05) is 0 Å². The summed E-state index contributed by atoms with van der Waals surface area (Å²) < 4.78 is 43.9. The number of halogens is 3. The summed E-state index contributed by atoms with van der Waals surface area (Å²) in [5, 5.41) is 8.50. The van der Waals surface area contributed by atoms with Crippen LogP contribution < -0.4 is 4.72 Å². The summed E-state index contributed by atoms with van der Waals surface area (Å²) >= 11 is 8.38. The van der Waals surface area contributed by atoms with E-state index < -0.39 is 32.5 Å². The van der Waals surface area contributed by atoms with Gasteiger partial charge in [-0.15, -0.1) is 0 Å². The SMILES string of the molecule is O=C(O)c1cc(S(=O)(=O)Nc2ccc(F)c(Cl)c2)c(Br)o1. The smallest absolute Gasteiger partial charge is 0.371 e. The van der Waals surface area contributed by atoms with Gasteiger partial charge in [-0.1, -0.05) is 11.6 Å². The van der Waals surface area contributed by atoms with Gasteiger partial charge in [0.25, 0.3) is 10.0 Å². The lowest BCUT2D eigenvalue weighted by molar-refractivity contribution is 0.0661. The quantitative estimate of drug-likeness (QED) is 0.823. The van der Waals surface area contributed by atoms with Crippen molar-refractivity contribution < 1.29 is 27.1 Å². The molecule has 1 aromatic carbocycles. The Labute approximate surface area is 131 Å². The molecule has 0 aliphatic carbocycles. The third-order valence-electron chi connectivity index (χ3n) is 2.33. The van der Waals surface area contributed by atoms with Gasteiger partial charge in [-0.3, -0.25) is 4.72 Å². The Bertz CT molecular complexity index is 820. The first-order chi connectivity index (χ1) is 9.70. The highest BCUT2D eigenvalue weighted by atomic mass is 79.9. The van der Waals surface area contributed by atoms with Gasteiger partial charge in [-0.25, -0.2) is 17.6 Å². The van der Waals surface area contributed by atoms with Crippen LogP contribution in [0.4, 0.5) is 10.1 Å². The molecule has 2 rings (SSSR count). The molecule has 2 N–H and O–H groups in total. The molecule has 112 valence electrons. The first-order valence-corrected chi connectivity index (χ1v) is 7.86. The summed E-state index contributed by atoms with van der Waals surface area (Å²) in [4.78, 5) is 10.3. The topological polar surface area (TPSA) is 96.6 Å². The van der Waals surface area contributed by atoms with Gasteiger partial charge in [0.15, 0.2) is 4.67 Å². The Morgan fingerprint density at radius 1 is 1.38 bits per heavy atom. The van der Waals surface area contributed by atoms with Crippen molar-refractivity contribution in [1.29, 1.82) is 0 Å². The Morgan fingerprint density at radius 3 is 2.57 bits per heavy atom. The first kappa shape index (κ1) is 15.8. The molecule has 0 bridgehead atoms. The number of carboxylic acid groups (broad SMARTS) is 1. The Kier molecular flexibility index (Phi) is 4.26. The maximum absolute atomic E-state index is 13.0. The van der Waals surface area contributed by atoms with Crippen molar-refractivity contribution >= 4 is 49.2 Å². The second kappa shape index (κ2) is 5.66. The third kappa shape index (κ3) is 3.36. The third-order valence-corrected chi connectivity index (χ3v) is 4.86. The number of anilines is 1. The number of rotatable bonds is 4. The molecule has 6 nitrogen and oxygen atoms in total. The summed E-state index contributed by atoms with van der Waals surface area (Å²) in [5.41, 5.74) is 0.0198. The van der Waals surface area contributed by atoms with Crippen LogP contribution in [0.1, 0.15) is 10.6 Å². The molecule has 1 aromatic heterocycles. The van der Waals surface area contributed by atoms with Gasteiger partial charge in [0.05, 0.1) is 10.7 Å². The molecule has 1 heterocycles. The number of hydrogen-bond donors (Lipinski definition) is 2. The largest absolute Gasteiger partial charge is 0.475 e. The van der Waals surface area contributed by atoms with E-state index in [9.17, 15) is 17.6 Å². The van der Waals surface area contributed by atoms with Crippen LogP contribution in [-0.4, -0.2) is 19.5 Å². The summed E-state index contributed by atoms with van der Waals surface area (Å²) in [7, 11) is -4.12. The average molecular weight is 399 g/mol. The molecular weight excluding hydrogens is 393 g/mol. The fourth-order valence-corrected chi connectivity index (χ4v) is 3.58. The van der Waals surface area contributed by atoms with Crippen LogP contribution in [0.25, 0.3) is 0 Å². The molecule has 0 saturated heterocycles. The second-order valence-electron chi connectivity index (χ2n) is 3.79. The van der Waals surface area contributed by atoms with Crippen LogP contribution in [0.15, 0.2) is 38.2 Å². The summed E-state index contributed by atoms with van der Waals surface area (Å²) in [6.45, 7) is 0. The van der Waals surface area contributed by atoms with E-state index in [1.54, 1.807) is 0 Å². The van der Waals surface area contributed by atoms with E-state index in [2.05, 4.69) is 20.7 Å². The molecular formula is C11H6BrClFNO5S. The molecule has 0 aliphatic rings. The first-order valence-electron chi connectivity index (χ1n) is 5.21. The van der Waals surface area contributed by atoms with Crippen molar-refractivity contribution in [2.75, 3.05) is 4.72 Å². The number of furan rings is 1. The molecule has 0 spiro atoms. The van der Waals surface area contributed by atoms with Gasteiger partial charge < -0.3 is 9.52 Å². The van der Waals surface area contributed by atoms with E-state index >= 15 is 0 Å². The zero-order valence-corrected chi connectivity index (χ0v) is 13.1. The summed E-state index contributed by atoms with van der Waals surface area (Å²) in [5.74, 6) is -2.65. The number of benzene rings is 1. The lowest BCUT2D eigenvalue weighted by Crippen LogP contribution is -2.12. The number of sulfonamides is 1. The van der Waals surface area contributed by atoms with Gasteiger partial charge in [-0.05, 0) is 34.1 Å². The Morgan fingerprint density at radius 2 is 2.05 bits per heavy atom. The highest BCUT2D eigenvalue weighted by Gasteiger charge is 2.25. The number of carboxylic acids is 1. The zero-order valence-electron chi connectivity index (χ0n) is 9.93. The Balaban J connectivity index is 2.38. The van der Waals surface area contributed by atoms with Crippen molar-refractivity contribution in [2.24, 2.45) is 0 Å². The molecule has 0 saturated carbocycles. The maximum atomic E-state index is 13.0. The average Bonchev–Trinajstić information content (AvgIpc) is 2.77. The molecule has 0 amide bonds. The molecule has 0 unspecified atom stereocenters. The fraction of sp³-hybridized carbons (Fsp3) is 0. The Hall–Kier alpha value is -1.58. The van der Waals surface area contributed by atoms with Crippen LogP contribution >= 0.6 is 27.5 Å². The molecule has 21 heavy (non-hydrogen) atoms. The van der Waals surface area contributed by atoms with E-state index in [0.29, 0.717) is 0 Å². The molecule has 2 aromatic rings. The normalized spacial score (nSPS) is 11.4. The minimum atomic E-state index is -4.12. The highest BCUT2D eigenvalue weighted by molar-refractivity contribution is 9.10. The van der Waals surface area contributed by atoms with E-state index in [4.69, 9.17) is 21.1 Å². The maximum Gasteiger partial charge on any atom is 0.371 e. The van der Waals surface area contributed by atoms with Crippen molar-refractivity contribution in [3.63, 3.8) is 0 Å². The van der Waals surface area contributed by atoms with Gasteiger partial charge in [-0.2, -0.15) is 0 Å². The predicted molar refractivity (Wildman–Crippen MR) is 75.6 cm³/mol. The molecule has 0 atom stereocenters. The second-order valence-corrected chi connectivity index (χ2v) is 6.57. The van der Waals surface area contributed by atoms with Crippen LogP contribution in [0.3, 0.4) is 0 Å². The van der Waals surface area contributed by atoms with Crippen molar-refractivity contribution in [3.05, 3.63) is 45.5 Å². The molecule has 10 heteroatoms. The zero-order chi connectivity index (χ0) is 15.8. The standard InChI is InChI=1S/C11H6BrClFNO5S/c12-10-9(4-8(20-10)11(16)17)21(18,19)15-5-1-2-7(14)6(13)3-5/h1-4,15H,(H,16,17). The lowest BCUT2D eigenvalue weighted by Gasteiger charge is -2.07. The van der Waals surface area contributed by atoms with Gasteiger partial charge in [0, 0.05) is 6.07 Å². The van der Waals surface area contributed by atoms with E-state index in [-0.39, 0.29) is 15.4 Å². The number of nitrogens with one attached hydrogen (secondary N) is 1. The monoisotopic (exact) mass is 397 g/mol. The van der Waals surface area contributed by atoms with E-state index in [1.165, 1.54) is 6.07 Å². The lowest BCUT2D eigenvalue weighted by atomic mass is 10.3.